The van der Waals surface area contributed by atoms with Gasteiger partial charge in [-0.1, -0.05) is 20.3 Å². The smallest absolute Gasteiger partial charge is 0.307 e. The molecule has 2 atom stereocenters. The van der Waals surface area contributed by atoms with E-state index in [1.54, 1.807) is 4.90 Å². The number of ether oxygens (including phenoxy) is 1. The summed E-state index contributed by atoms with van der Waals surface area (Å²) in [6, 6.07) is -0.542. The lowest BCUT2D eigenvalue weighted by Gasteiger charge is -2.34. The molecule has 1 rings (SSSR count). The molecule has 0 bridgehead atoms. The third-order valence-electron chi connectivity index (χ3n) is 3.93. The Morgan fingerprint density at radius 1 is 1.43 bits per heavy atom. The second kappa shape index (κ2) is 10.2. The number of esters is 1. The monoisotopic (exact) mass is 327 g/mol. The van der Waals surface area contributed by atoms with Gasteiger partial charge < -0.3 is 15.4 Å². The summed E-state index contributed by atoms with van der Waals surface area (Å²) < 4.78 is 5.12. The van der Waals surface area contributed by atoms with Crippen molar-refractivity contribution in [1.82, 2.24) is 15.5 Å². The predicted octanol–water partition coefficient (Wildman–Crippen LogP) is 0.435. The molecule has 0 aromatic rings. The summed E-state index contributed by atoms with van der Waals surface area (Å²) in [5.41, 5.74) is 0. The quantitative estimate of drug-likeness (QED) is 0.474. The SMILES string of the molecule is CCCCOC(=O)CC1C(=O)NCCN1CC(=O)NC(C)CC. The predicted molar refractivity (Wildman–Crippen MR) is 86.8 cm³/mol. The van der Waals surface area contributed by atoms with E-state index < -0.39 is 12.0 Å². The molecule has 2 N–H and O–H groups in total. The molecule has 1 heterocycles. The first kappa shape index (κ1) is 19.4. The highest BCUT2D eigenvalue weighted by Crippen LogP contribution is 2.10. The van der Waals surface area contributed by atoms with E-state index in [1.807, 2.05) is 20.8 Å². The van der Waals surface area contributed by atoms with Gasteiger partial charge in [-0.2, -0.15) is 0 Å². The Balaban J connectivity index is 2.55. The minimum Gasteiger partial charge on any atom is -0.466 e. The van der Waals surface area contributed by atoms with Gasteiger partial charge in [-0.05, 0) is 19.8 Å². The highest BCUT2D eigenvalue weighted by molar-refractivity contribution is 5.88. The molecule has 0 spiro atoms. The Labute approximate surface area is 138 Å². The maximum atomic E-state index is 12.0. The van der Waals surface area contributed by atoms with Crippen molar-refractivity contribution in [3.8, 4) is 0 Å². The van der Waals surface area contributed by atoms with Gasteiger partial charge >= 0.3 is 5.97 Å². The molecule has 0 aromatic heterocycles. The number of nitrogens with one attached hydrogen (secondary N) is 2. The maximum Gasteiger partial charge on any atom is 0.307 e. The molecule has 23 heavy (non-hydrogen) atoms. The second-order valence-electron chi connectivity index (χ2n) is 5.93. The Morgan fingerprint density at radius 2 is 2.17 bits per heavy atom. The van der Waals surface area contributed by atoms with Crippen molar-refractivity contribution in [3.05, 3.63) is 0 Å². The zero-order valence-electron chi connectivity index (χ0n) is 14.4. The molecule has 132 valence electrons. The van der Waals surface area contributed by atoms with Crippen LogP contribution in [0, 0.1) is 0 Å². The van der Waals surface area contributed by atoms with Gasteiger partial charge in [-0.3, -0.25) is 19.3 Å². The molecular formula is C16H29N3O4. The lowest BCUT2D eigenvalue weighted by Crippen LogP contribution is -2.58. The van der Waals surface area contributed by atoms with Crippen molar-refractivity contribution in [3.63, 3.8) is 0 Å². The molecule has 7 heteroatoms. The average Bonchev–Trinajstić information content (AvgIpc) is 2.50. The highest BCUT2D eigenvalue weighted by Gasteiger charge is 2.33. The number of carbonyl (C=O) groups is 3. The van der Waals surface area contributed by atoms with Crippen molar-refractivity contribution >= 4 is 17.8 Å². The van der Waals surface area contributed by atoms with E-state index in [4.69, 9.17) is 4.74 Å². The molecule has 0 aromatic carbocycles. The fourth-order valence-corrected chi connectivity index (χ4v) is 2.33. The van der Waals surface area contributed by atoms with E-state index in [2.05, 4.69) is 10.6 Å². The molecule has 2 unspecified atom stereocenters. The molecule has 0 radical (unpaired) electrons. The Bertz CT molecular complexity index is 414. The van der Waals surface area contributed by atoms with Gasteiger partial charge in [0.1, 0.15) is 6.04 Å². The van der Waals surface area contributed by atoms with Crippen LogP contribution in [0.2, 0.25) is 0 Å². The van der Waals surface area contributed by atoms with E-state index >= 15 is 0 Å². The van der Waals surface area contributed by atoms with Crippen LogP contribution < -0.4 is 10.6 Å². The van der Waals surface area contributed by atoms with Crippen LogP contribution in [0.4, 0.5) is 0 Å². The Kier molecular flexibility index (Phi) is 8.61. The number of unbranched alkanes of at least 4 members (excludes halogenated alkanes) is 1. The van der Waals surface area contributed by atoms with E-state index in [1.165, 1.54) is 0 Å². The lowest BCUT2D eigenvalue weighted by molar-refractivity contribution is -0.149. The number of hydrogen-bond acceptors (Lipinski definition) is 5. The minimum absolute atomic E-state index is 0.0217. The van der Waals surface area contributed by atoms with Gasteiger partial charge in [0.2, 0.25) is 11.8 Å². The topological polar surface area (TPSA) is 87.7 Å². The molecule has 2 amide bonds. The van der Waals surface area contributed by atoms with Crippen molar-refractivity contribution in [2.24, 2.45) is 0 Å². The molecular weight excluding hydrogens is 298 g/mol. The van der Waals surface area contributed by atoms with Gasteiger partial charge in [0.15, 0.2) is 0 Å². The Morgan fingerprint density at radius 3 is 2.83 bits per heavy atom. The fraction of sp³-hybridized carbons (Fsp3) is 0.812. The summed E-state index contributed by atoms with van der Waals surface area (Å²) in [6.45, 7) is 7.46. The first-order valence-electron chi connectivity index (χ1n) is 8.44. The third kappa shape index (κ3) is 6.99. The van der Waals surface area contributed by atoms with Crippen molar-refractivity contribution in [1.29, 1.82) is 0 Å². The molecule has 1 fully saturated rings. The van der Waals surface area contributed by atoms with Crippen molar-refractivity contribution in [2.75, 3.05) is 26.2 Å². The maximum absolute atomic E-state index is 12.0. The highest BCUT2D eigenvalue weighted by atomic mass is 16.5. The Hall–Kier alpha value is -1.63. The summed E-state index contributed by atoms with van der Waals surface area (Å²) >= 11 is 0. The molecule has 1 aliphatic heterocycles. The summed E-state index contributed by atoms with van der Waals surface area (Å²) in [6.07, 6.45) is 2.58. The first-order valence-corrected chi connectivity index (χ1v) is 8.44. The molecule has 7 nitrogen and oxygen atoms in total. The summed E-state index contributed by atoms with van der Waals surface area (Å²) in [5.74, 6) is -0.744. The van der Waals surface area contributed by atoms with Gasteiger partial charge in [0.25, 0.3) is 0 Å². The second-order valence-corrected chi connectivity index (χ2v) is 5.93. The number of hydrogen-bond donors (Lipinski definition) is 2. The molecule has 1 aliphatic rings. The van der Waals surface area contributed by atoms with Crippen LogP contribution in [0.15, 0.2) is 0 Å². The first-order chi connectivity index (χ1) is 11.0. The zero-order chi connectivity index (χ0) is 17.2. The number of nitrogens with zero attached hydrogens (tertiary/aromatic N) is 1. The number of rotatable bonds is 9. The zero-order valence-corrected chi connectivity index (χ0v) is 14.4. The van der Waals surface area contributed by atoms with E-state index in [0.29, 0.717) is 19.7 Å². The van der Waals surface area contributed by atoms with E-state index in [9.17, 15) is 14.4 Å². The summed E-state index contributed by atoms with van der Waals surface area (Å²) in [5, 5.41) is 5.62. The van der Waals surface area contributed by atoms with Crippen LogP contribution in [0.1, 0.15) is 46.5 Å². The van der Waals surface area contributed by atoms with Crippen LogP contribution in [0.25, 0.3) is 0 Å². The minimum atomic E-state index is -0.638. The van der Waals surface area contributed by atoms with Crippen LogP contribution in [-0.2, 0) is 19.1 Å². The molecule has 0 saturated carbocycles. The molecule has 1 saturated heterocycles. The number of piperazine rings is 1. The van der Waals surface area contributed by atoms with Gasteiger partial charge in [-0.15, -0.1) is 0 Å². The van der Waals surface area contributed by atoms with Gasteiger partial charge in [-0.25, -0.2) is 0 Å². The van der Waals surface area contributed by atoms with E-state index in [0.717, 1.165) is 19.3 Å². The normalized spacial score (nSPS) is 19.8. The molecule has 0 aliphatic carbocycles. The van der Waals surface area contributed by atoms with Crippen molar-refractivity contribution < 1.29 is 19.1 Å². The summed E-state index contributed by atoms with van der Waals surface area (Å²) in [7, 11) is 0. The fourth-order valence-electron chi connectivity index (χ4n) is 2.33. The third-order valence-corrected chi connectivity index (χ3v) is 3.93. The van der Waals surface area contributed by atoms with Gasteiger partial charge in [0, 0.05) is 19.1 Å². The number of carbonyl (C=O) groups excluding carboxylic acids is 3. The van der Waals surface area contributed by atoms with E-state index in [-0.39, 0.29) is 30.8 Å². The standard InChI is InChI=1S/C16H29N3O4/c1-4-6-9-23-15(21)10-13-16(22)17-7-8-19(13)11-14(20)18-12(3)5-2/h12-13H,4-11H2,1-3H3,(H,17,22)(H,18,20). The van der Waals surface area contributed by atoms with Crippen LogP contribution in [0.3, 0.4) is 0 Å². The van der Waals surface area contributed by atoms with Crippen LogP contribution in [-0.4, -0.2) is 61.0 Å². The van der Waals surface area contributed by atoms with Gasteiger partial charge in [0.05, 0.1) is 19.6 Å². The number of amides is 2. The summed E-state index contributed by atoms with van der Waals surface area (Å²) in [4.78, 5) is 37.7. The van der Waals surface area contributed by atoms with Crippen LogP contribution in [0.5, 0.6) is 0 Å². The average molecular weight is 327 g/mol. The van der Waals surface area contributed by atoms with Crippen molar-refractivity contribution in [2.45, 2.75) is 58.5 Å². The largest absolute Gasteiger partial charge is 0.466 e. The van der Waals surface area contributed by atoms with Crippen LogP contribution >= 0.6 is 0 Å². The lowest BCUT2D eigenvalue weighted by atomic mass is 10.1.